The summed E-state index contributed by atoms with van der Waals surface area (Å²) in [6.07, 6.45) is 5.50. The average Bonchev–Trinajstić information content (AvgIpc) is 2.97. The first-order chi connectivity index (χ1) is 10.3. The van der Waals surface area contributed by atoms with Crippen LogP contribution in [0.3, 0.4) is 0 Å². The molecule has 2 N–H and O–H groups in total. The first-order valence-electron chi connectivity index (χ1n) is 7.72. The van der Waals surface area contributed by atoms with E-state index in [0.29, 0.717) is 11.9 Å². The molecule has 0 aliphatic carbocycles. The summed E-state index contributed by atoms with van der Waals surface area (Å²) >= 11 is 0. The summed E-state index contributed by atoms with van der Waals surface area (Å²) in [7, 11) is 0. The highest BCUT2D eigenvalue weighted by Gasteiger charge is 2.22. The van der Waals surface area contributed by atoms with E-state index in [1.807, 2.05) is 0 Å². The quantitative estimate of drug-likeness (QED) is 0.938. The number of benzene rings is 1. The second kappa shape index (κ2) is 6.41. The SMILES string of the molecule is Cc1ccc(-c2nc(CN3CCCCC3CN)co2)cc1. The Morgan fingerprint density at radius 3 is 2.86 bits per heavy atom. The molecule has 1 saturated heterocycles. The Hall–Kier alpha value is -1.65. The molecular formula is C17H23N3O. The molecule has 1 fully saturated rings. The van der Waals surface area contributed by atoms with Gasteiger partial charge in [-0.25, -0.2) is 4.98 Å². The van der Waals surface area contributed by atoms with Crippen LogP contribution in [-0.2, 0) is 6.54 Å². The van der Waals surface area contributed by atoms with Gasteiger partial charge in [-0.3, -0.25) is 4.90 Å². The molecule has 1 aliphatic heterocycles. The molecule has 0 spiro atoms. The molecule has 0 bridgehead atoms. The van der Waals surface area contributed by atoms with E-state index >= 15 is 0 Å². The van der Waals surface area contributed by atoms with Crippen LogP contribution in [0.1, 0.15) is 30.5 Å². The van der Waals surface area contributed by atoms with Crippen LogP contribution in [0.5, 0.6) is 0 Å². The molecular weight excluding hydrogens is 262 g/mol. The first kappa shape index (κ1) is 14.3. The standard InChI is InChI=1S/C17H23N3O/c1-13-5-7-14(8-6-13)17-19-15(12-21-17)11-20-9-3-2-4-16(20)10-18/h5-8,12,16H,2-4,9-11,18H2,1H3. The van der Waals surface area contributed by atoms with E-state index < -0.39 is 0 Å². The number of nitrogens with zero attached hydrogens (tertiary/aromatic N) is 2. The van der Waals surface area contributed by atoms with Crippen LogP contribution >= 0.6 is 0 Å². The van der Waals surface area contributed by atoms with Gasteiger partial charge >= 0.3 is 0 Å². The maximum Gasteiger partial charge on any atom is 0.226 e. The minimum Gasteiger partial charge on any atom is -0.444 e. The number of likely N-dealkylation sites (tertiary alicyclic amines) is 1. The van der Waals surface area contributed by atoms with Crippen molar-refractivity contribution in [1.82, 2.24) is 9.88 Å². The number of hydrogen-bond donors (Lipinski definition) is 1. The molecule has 4 nitrogen and oxygen atoms in total. The van der Waals surface area contributed by atoms with Crippen LogP contribution in [0, 0.1) is 6.92 Å². The molecule has 3 rings (SSSR count). The molecule has 2 heterocycles. The number of aryl methyl sites for hydroxylation is 1. The molecule has 0 amide bonds. The smallest absolute Gasteiger partial charge is 0.226 e. The van der Waals surface area contributed by atoms with Crippen molar-refractivity contribution in [3.05, 3.63) is 41.8 Å². The molecule has 21 heavy (non-hydrogen) atoms. The van der Waals surface area contributed by atoms with Crippen molar-refractivity contribution in [2.75, 3.05) is 13.1 Å². The zero-order chi connectivity index (χ0) is 14.7. The summed E-state index contributed by atoms with van der Waals surface area (Å²) in [6.45, 7) is 4.74. The Morgan fingerprint density at radius 2 is 2.10 bits per heavy atom. The molecule has 1 aliphatic rings. The van der Waals surface area contributed by atoms with Gasteiger partial charge in [0.2, 0.25) is 5.89 Å². The van der Waals surface area contributed by atoms with Gasteiger partial charge in [0.15, 0.2) is 0 Å². The van der Waals surface area contributed by atoms with Gasteiger partial charge in [-0.1, -0.05) is 24.1 Å². The van der Waals surface area contributed by atoms with Crippen LogP contribution in [0.4, 0.5) is 0 Å². The summed E-state index contributed by atoms with van der Waals surface area (Å²) in [6, 6.07) is 8.74. The predicted octanol–water partition coefficient (Wildman–Crippen LogP) is 2.96. The minimum atomic E-state index is 0.485. The highest BCUT2D eigenvalue weighted by molar-refractivity contribution is 5.53. The maximum atomic E-state index is 5.87. The van der Waals surface area contributed by atoms with Crippen LogP contribution in [-0.4, -0.2) is 29.0 Å². The van der Waals surface area contributed by atoms with Gasteiger partial charge in [-0.05, 0) is 38.4 Å². The van der Waals surface area contributed by atoms with Gasteiger partial charge in [0.25, 0.3) is 0 Å². The van der Waals surface area contributed by atoms with E-state index in [0.717, 1.165) is 30.9 Å². The molecule has 2 aromatic rings. The van der Waals surface area contributed by atoms with Gasteiger partial charge in [-0.2, -0.15) is 0 Å². The third kappa shape index (κ3) is 3.34. The number of hydrogen-bond acceptors (Lipinski definition) is 4. The lowest BCUT2D eigenvalue weighted by Crippen LogP contribution is -2.43. The van der Waals surface area contributed by atoms with Gasteiger partial charge in [0.1, 0.15) is 6.26 Å². The molecule has 0 radical (unpaired) electrons. The Labute approximate surface area is 126 Å². The Kier molecular flexibility index (Phi) is 4.36. The lowest BCUT2D eigenvalue weighted by molar-refractivity contribution is 0.143. The number of rotatable bonds is 4. The fourth-order valence-corrected chi connectivity index (χ4v) is 2.95. The van der Waals surface area contributed by atoms with Crippen LogP contribution < -0.4 is 5.73 Å². The van der Waals surface area contributed by atoms with E-state index in [9.17, 15) is 0 Å². The lowest BCUT2D eigenvalue weighted by Gasteiger charge is -2.34. The van der Waals surface area contributed by atoms with E-state index in [-0.39, 0.29) is 0 Å². The third-order valence-electron chi connectivity index (χ3n) is 4.24. The number of aromatic nitrogens is 1. The zero-order valence-corrected chi connectivity index (χ0v) is 12.6. The summed E-state index contributed by atoms with van der Waals surface area (Å²) in [4.78, 5) is 7.05. The van der Waals surface area contributed by atoms with Gasteiger partial charge in [0, 0.05) is 24.7 Å². The Morgan fingerprint density at radius 1 is 1.29 bits per heavy atom. The molecule has 1 atom stereocenters. The highest BCUT2D eigenvalue weighted by atomic mass is 16.3. The molecule has 112 valence electrons. The number of piperidine rings is 1. The molecule has 4 heteroatoms. The van der Waals surface area contributed by atoms with Crippen molar-refractivity contribution in [1.29, 1.82) is 0 Å². The normalized spacial score (nSPS) is 19.8. The van der Waals surface area contributed by atoms with Crippen molar-refractivity contribution >= 4 is 0 Å². The van der Waals surface area contributed by atoms with Crippen LogP contribution in [0.2, 0.25) is 0 Å². The molecule has 1 unspecified atom stereocenters. The summed E-state index contributed by atoms with van der Waals surface area (Å²) in [5.74, 6) is 0.700. The maximum absolute atomic E-state index is 5.87. The van der Waals surface area contributed by atoms with E-state index in [1.165, 1.54) is 24.8 Å². The average molecular weight is 285 g/mol. The largest absolute Gasteiger partial charge is 0.444 e. The van der Waals surface area contributed by atoms with Crippen molar-refractivity contribution in [2.24, 2.45) is 5.73 Å². The van der Waals surface area contributed by atoms with Gasteiger partial charge in [0.05, 0.1) is 5.69 Å². The van der Waals surface area contributed by atoms with Gasteiger partial charge < -0.3 is 10.2 Å². The van der Waals surface area contributed by atoms with Crippen molar-refractivity contribution in [3.63, 3.8) is 0 Å². The van der Waals surface area contributed by atoms with Crippen molar-refractivity contribution in [3.8, 4) is 11.5 Å². The van der Waals surface area contributed by atoms with Crippen LogP contribution in [0.15, 0.2) is 34.9 Å². The van der Waals surface area contributed by atoms with Crippen LogP contribution in [0.25, 0.3) is 11.5 Å². The lowest BCUT2D eigenvalue weighted by atomic mass is 10.0. The van der Waals surface area contributed by atoms with E-state index in [1.54, 1.807) is 6.26 Å². The topological polar surface area (TPSA) is 55.3 Å². The third-order valence-corrected chi connectivity index (χ3v) is 4.24. The predicted molar refractivity (Wildman–Crippen MR) is 83.8 cm³/mol. The molecule has 1 aromatic heterocycles. The Bertz CT molecular complexity index is 576. The zero-order valence-electron chi connectivity index (χ0n) is 12.6. The first-order valence-corrected chi connectivity index (χ1v) is 7.72. The van der Waals surface area contributed by atoms with Crippen molar-refractivity contribution in [2.45, 2.75) is 38.8 Å². The van der Waals surface area contributed by atoms with Gasteiger partial charge in [-0.15, -0.1) is 0 Å². The Balaban J connectivity index is 1.71. The fraction of sp³-hybridized carbons (Fsp3) is 0.471. The minimum absolute atomic E-state index is 0.485. The van der Waals surface area contributed by atoms with E-state index in [2.05, 4.69) is 41.1 Å². The molecule has 0 saturated carbocycles. The summed E-state index contributed by atoms with van der Waals surface area (Å²) < 4.78 is 5.63. The van der Waals surface area contributed by atoms with E-state index in [4.69, 9.17) is 10.2 Å². The summed E-state index contributed by atoms with van der Waals surface area (Å²) in [5.41, 5.74) is 9.13. The van der Waals surface area contributed by atoms with Crippen molar-refractivity contribution < 1.29 is 4.42 Å². The number of oxazole rings is 1. The second-order valence-electron chi connectivity index (χ2n) is 5.87. The highest BCUT2D eigenvalue weighted by Crippen LogP contribution is 2.22. The summed E-state index contributed by atoms with van der Waals surface area (Å²) in [5, 5.41) is 0. The molecule has 1 aromatic carbocycles. The fourth-order valence-electron chi connectivity index (χ4n) is 2.95. The monoisotopic (exact) mass is 285 g/mol. The second-order valence-corrected chi connectivity index (χ2v) is 5.87. The number of nitrogens with two attached hydrogens (primary N) is 1.